The predicted octanol–water partition coefficient (Wildman–Crippen LogP) is 3.50. The van der Waals surface area contributed by atoms with Crippen LogP contribution in [0.15, 0.2) is 36.5 Å². The molecule has 0 N–H and O–H groups in total. The van der Waals surface area contributed by atoms with Crippen LogP contribution in [0.25, 0.3) is 10.6 Å². The minimum Gasteiger partial charge on any atom is -0.379 e. The summed E-state index contributed by atoms with van der Waals surface area (Å²) in [7, 11) is 0. The summed E-state index contributed by atoms with van der Waals surface area (Å²) in [5.41, 5.74) is 1.22. The first kappa shape index (κ1) is 17.2. The van der Waals surface area contributed by atoms with E-state index in [0.29, 0.717) is 6.04 Å². The van der Waals surface area contributed by atoms with Crippen LogP contribution in [0.4, 0.5) is 0 Å². The number of nitrogens with zero attached hydrogens (tertiary/aromatic N) is 3. The van der Waals surface area contributed by atoms with Crippen LogP contribution in [0, 0.1) is 0 Å². The molecule has 4 nitrogen and oxygen atoms in total. The van der Waals surface area contributed by atoms with Crippen LogP contribution in [-0.2, 0) is 11.3 Å². The molecule has 4 rings (SSSR count). The SMILES string of the molecule is c1ccc(-c2ncc(CN3CCCC[C@H]3CN3CCOCC3)s2)cc1. The van der Waals surface area contributed by atoms with Gasteiger partial charge in [0.15, 0.2) is 0 Å². The molecule has 0 unspecified atom stereocenters. The van der Waals surface area contributed by atoms with Crippen LogP contribution in [0.2, 0.25) is 0 Å². The van der Waals surface area contributed by atoms with Gasteiger partial charge in [-0.25, -0.2) is 4.98 Å². The number of ether oxygens (including phenoxy) is 1. The van der Waals surface area contributed by atoms with Gasteiger partial charge in [-0.1, -0.05) is 36.8 Å². The third-order valence-corrected chi connectivity index (χ3v) is 6.29. The van der Waals surface area contributed by atoms with Crippen LogP contribution >= 0.6 is 11.3 Å². The van der Waals surface area contributed by atoms with Gasteiger partial charge in [-0.05, 0) is 19.4 Å². The summed E-state index contributed by atoms with van der Waals surface area (Å²) in [4.78, 5) is 11.3. The van der Waals surface area contributed by atoms with E-state index in [4.69, 9.17) is 4.74 Å². The van der Waals surface area contributed by atoms with Crippen LogP contribution < -0.4 is 0 Å². The highest BCUT2D eigenvalue weighted by Crippen LogP contribution is 2.28. The van der Waals surface area contributed by atoms with Crippen molar-refractivity contribution in [1.82, 2.24) is 14.8 Å². The Bertz CT molecular complexity index is 654. The van der Waals surface area contributed by atoms with Crippen molar-refractivity contribution in [1.29, 1.82) is 0 Å². The Hall–Kier alpha value is -1.27. The van der Waals surface area contributed by atoms with E-state index in [1.165, 1.54) is 42.8 Å². The molecule has 2 aromatic rings. The van der Waals surface area contributed by atoms with Gasteiger partial charge in [0.2, 0.25) is 0 Å². The maximum atomic E-state index is 5.49. The molecule has 0 bridgehead atoms. The fourth-order valence-corrected chi connectivity index (χ4v) is 4.80. The zero-order valence-electron chi connectivity index (χ0n) is 14.8. The van der Waals surface area contributed by atoms with Crippen molar-refractivity contribution in [2.75, 3.05) is 39.4 Å². The molecule has 2 aliphatic rings. The first-order valence-corrected chi connectivity index (χ1v) is 10.2. The van der Waals surface area contributed by atoms with Gasteiger partial charge >= 0.3 is 0 Å². The van der Waals surface area contributed by atoms with Crippen molar-refractivity contribution in [2.24, 2.45) is 0 Å². The Labute approximate surface area is 154 Å². The lowest BCUT2D eigenvalue weighted by Crippen LogP contribution is -2.48. The summed E-state index contributed by atoms with van der Waals surface area (Å²) >= 11 is 1.84. The molecular weight excluding hydrogens is 330 g/mol. The molecule has 5 heteroatoms. The number of aromatic nitrogens is 1. The number of hydrogen-bond acceptors (Lipinski definition) is 5. The van der Waals surface area contributed by atoms with Gasteiger partial charge in [-0.15, -0.1) is 11.3 Å². The molecule has 134 valence electrons. The molecule has 2 aliphatic heterocycles. The average Bonchev–Trinajstić information content (AvgIpc) is 3.14. The monoisotopic (exact) mass is 357 g/mol. The molecule has 0 saturated carbocycles. The Balaban J connectivity index is 1.40. The zero-order valence-corrected chi connectivity index (χ0v) is 15.6. The Morgan fingerprint density at radius 1 is 1.08 bits per heavy atom. The van der Waals surface area contributed by atoms with Gasteiger partial charge in [0.05, 0.1) is 13.2 Å². The smallest absolute Gasteiger partial charge is 0.123 e. The zero-order chi connectivity index (χ0) is 16.9. The van der Waals surface area contributed by atoms with E-state index >= 15 is 0 Å². The number of thiazole rings is 1. The first-order valence-electron chi connectivity index (χ1n) is 9.43. The molecule has 3 heterocycles. The molecule has 25 heavy (non-hydrogen) atoms. The molecular formula is C20H27N3OS. The molecule has 0 aliphatic carbocycles. The van der Waals surface area contributed by atoms with Crippen molar-refractivity contribution < 1.29 is 4.74 Å². The molecule has 1 aromatic heterocycles. The third kappa shape index (κ3) is 4.47. The Morgan fingerprint density at radius 2 is 1.92 bits per heavy atom. The first-order chi connectivity index (χ1) is 12.4. The summed E-state index contributed by atoms with van der Waals surface area (Å²) in [6.45, 7) is 7.40. The van der Waals surface area contributed by atoms with Crippen molar-refractivity contribution in [2.45, 2.75) is 31.8 Å². The van der Waals surface area contributed by atoms with Crippen LogP contribution in [0.3, 0.4) is 0 Å². The second-order valence-corrected chi connectivity index (χ2v) is 8.15. The fraction of sp³-hybridized carbons (Fsp3) is 0.550. The number of likely N-dealkylation sites (tertiary alicyclic amines) is 1. The molecule has 0 amide bonds. The minimum atomic E-state index is 0.675. The van der Waals surface area contributed by atoms with E-state index in [-0.39, 0.29) is 0 Å². The highest BCUT2D eigenvalue weighted by molar-refractivity contribution is 7.15. The molecule has 1 atom stereocenters. The van der Waals surface area contributed by atoms with Crippen molar-refractivity contribution in [3.8, 4) is 10.6 Å². The summed E-state index contributed by atoms with van der Waals surface area (Å²) < 4.78 is 5.49. The number of piperidine rings is 1. The maximum absolute atomic E-state index is 5.49. The molecule has 1 aromatic carbocycles. The van der Waals surface area contributed by atoms with Gasteiger partial charge in [-0.3, -0.25) is 9.80 Å². The van der Waals surface area contributed by atoms with Crippen molar-refractivity contribution in [3.05, 3.63) is 41.4 Å². The van der Waals surface area contributed by atoms with E-state index < -0.39 is 0 Å². The summed E-state index contributed by atoms with van der Waals surface area (Å²) in [6.07, 6.45) is 6.09. The van der Waals surface area contributed by atoms with Crippen LogP contribution in [-0.4, -0.2) is 60.2 Å². The van der Waals surface area contributed by atoms with E-state index in [1.807, 2.05) is 11.3 Å². The van der Waals surface area contributed by atoms with E-state index in [2.05, 4.69) is 51.3 Å². The Kier molecular flexibility index (Phi) is 5.77. The number of hydrogen-bond donors (Lipinski definition) is 0. The topological polar surface area (TPSA) is 28.6 Å². The third-order valence-electron chi connectivity index (χ3n) is 5.25. The van der Waals surface area contributed by atoms with Crippen molar-refractivity contribution >= 4 is 11.3 Å². The van der Waals surface area contributed by atoms with Gasteiger partial charge in [-0.2, -0.15) is 0 Å². The predicted molar refractivity (Wildman–Crippen MR) is 103 cm³/mol. The van der Waals surface area contributed by atoms with Crippen LogP contribution in [0.5, 0.6) is 0 Å². The number of benzene rings is 1. The lowest BCUT2D eigenvalue weighted by Gasteiger charge is -2.39. The Morgan fingerprint density at radius 3 is 2.76 bits per heavy atom. The molecule has 0 spiro atoms. The molecule has 2 saturated heterocycles. The summed E-state index contributed by atoms with van der Waals surface area (Å²) in [5, 5.41) is 1.14. The maximum Gasteiger partial charge on any atom is 0.123 e. The standard InChI is InChI=1S/C20H27N3OS/c1-2-6-17(7-3-1)20-21-14-19(25-20)16-23-9-5-4-8-18(23)15-22-10-12-24-13-11-22/h1-3,6-7,14,18H,4-5,8-13,15-16H2/t18-/m0/s1. The van der Waals surface area contributed by atoms with Gasteiger partial charge in [0.25, 0.3) is 0 Å². The fourth-order valence-electron chi connectivity index (χ4n) is 3.85. The van der Waals surface area contributed by atoms with E-state index in [0.717, 1.165) is 37.9 Å². The summed E-state index contributed by atoms with van der Waals surface area (Å²) in [6, 6.07) is 11.2. The number of rotatable bonds is 5. The highest BCUT2D eigenvalue weighted by Gasteiger charge is 2.25. The second kappa shape index (κ2) is 8.41. The largest absolute Gasteiger partial charge is 0.379 e. The normalized spacial score (nSPS) is 23.0. The van der Waals surface area contributed by atoms with E-state index in [1.54, 1.807) is 0 Å². The lowest BCUT2D eigenvalue weighted by molar-refractivity contribution is 0.0154. The number of morpholine rings is 1. The quantitative estimate of drug-likeness (QED) is 0.819. The molecule has 2 fully saturated rings. The van der Waals surface area contributed by atoms with Gasteiger partial charge in [0, 0.05) is 48.9 Å². The van der Waals surface area contributed by atoms with Gasteiger partial charge < -0.3 is 4.74 Å². The van der Waals surface area contributed by atoms with Gasteiger partial charge in [0.1, 0.15) is 5.01 Å². The lowest BCUT2D eigenvalue weighted by atomic mass is 10.0. The minimum absolute atomic E-state index is 0.675. The summed E-state index contributed by atoms with van der Waals surface area (Å²) in [5.74, 6) is 0. The molecule has 0 radical (unpaired) electrons. The highest BCUT2D eigenvalue weighted by atomic mass is 32.1. The second-order valence-electron chi connectivity index (χ2n) is 7.03. The van der Waals surface area contributed by atoms with E-state index in [9.17, 15) is 0 Å². The van der Waals surface area contributed by atoms with Crippen molar-refractivity contribution in [3.63, 3.8) is 0 Å². The van der Waals surface area contributed by atoms with Crippen LogP contribution in [0.1, 0.15) is 24.1 Å². The average molecular weight is 358 g/mol.